The molecule has 21 heavy (non-hydrogen) atoms. The predicted molar refractivity (Wildman–Crippen MR) is 75.3 cm³/mol. The van der Waals surface area contributed by atoms with Crippen LogP contribution in [0.3, 0.4) is 0 Å². The van der Waals surface area contributed by atoms with E-state index in [1.54, 1.807) is 13.8 Å². The van der Waals surface area contributed by atoms with E-state index in [1.807, 2.05) is 0 Å². The summed E-state index contributed by atoms with van der Waals surface area (Å²) in [6, 6.07) is 4.70. The Morgan fingerprint density at radius 1 is 1.10 bits per heavy atom. The number of aromatic nitrogens is 2. The first-order valence-electron chi connectivity index (χ1n) is 6.01. The second kappa shape index (κ2) is 5.65. The van der Waals surface area contributed by atoms with E-state index in [0.29, 0.717) is 11.4 Å². The molecule has 1 aromatic carbocycles. The normalized spacial score (nSPS) is 11.2. The van der Waals surface area contributed by atoms with Crippen LogP contribution in [-0.4, -0.2) is 25.5 Å². The number of aryl methyl sites for hydroxylation is 2. The van der Waals surface area contributed by atoms with E-state index in [0.717, 1.165) is 12.1 Å². The summed E-state index contributed by atoms with van der Waals surface area (Å²) in [6.07, 6.45) is 0. The summed E-state index contributed by atoms with van der Waals surface area (Å²) in [6.45, 7) is 3.28. The Kier molecular flexibility index (Phi) is 4.08. The molecule has 0 aliphatic heterocycles. The second-order valence-corrected chi connectivity index (χ2v) is 6.00. The lowest BCUT2D eigenvalue weighted by atomic mass is 10.3. The number of rotatable bonds is 4. The summed E-state index contributed by atoms with van der Waals surface area (Å²) in [7, 11) is -2.40. The van der Waals surface area contributed by atoms with E-state index < -0.39 is 15.8 Å². The van der Waals surface area contributed by atoms with E-state index in [4.69, 9.17) is 4.74 Å². The highest BCUT2D eigenvalue weighted by Gasteiger charge is 2.18. The minimum atomic E-state index is -3.83. The lowest BCUT2D eigenvalue weighted by molar-refractivity contribution is 0.378. The molecule has 0 amide bonds. The topological polar surface area (TPSA) is 81.2 Å². The molecule has 8 heteroatoms. The largest absolute Gasteiger partial charge is 0.467 e. The van der Waals surface area contributed by atoms with E-state index in [1.165, 1.54) is 19.2 Å². The van der Waals surface area contributed by atoms with Crippen molar-refractivity contribution in [3.8, 4) is 6.01 Å². The number of halogens is 1. The number of hydrogen-bond donors (Lipinski definition) is 1. The zero-order valence-electron chi connectivity index (χ0n) is 11.7. The lowest BCUT2D eigenvalue weighted by Crippen LogP contribution is -2.16. The number of methoxy groups -OCH3 is 1. The van der Waals surface area contributed by atoms with Gasteiger partial charge in [0.1, 0.15) is 5.82 Å². The first-order valence-corrected chi connectivity index (χ1v) is 7.49. The molecule has 0 saturated heterocycles. The summed E-state index contributed by atoms with van der Waals surface area (Å²) in [5, 5.41) is 0. The summed E-state index contributed by atoms with van der Waals surface area (Å²) in [5.74, 6) is -0.505. The van der Waals surface area contributed by atoms with Crippen LogP contribution >= 0.6 is 0 Å². The average molecular weight is 311 g/mol. The van der Waals surface area contributed by atoms with Crippen LogP contribution in [0.2, 0.25) is 0 Å². The Hall–Kier alpha value is -2.22. The number of ether oxygens (including phenoxy) is 1. The number of anilines is 1. The molecule has 112 valence electrons. The minimum absolute atomic E-state index is 0.0430. The third-order valence-electron chi connectivity index (χ3n) is 2.79. The molecule has 0 atom stereocenters. The van der Waals surface area contributed by atoms with Gasteiger partial charge in [-0.2, -0.15) is 9.97 Å². The van der Waals surface area contributed by atoms with Crippen molar-refractivity contribution in [3.05, 3.63) is 41.5 Å². The number of sulfonamides is 1. The van der Waals surface area contributed by atoms with Crippen LogP contribution in [0.1, 0.15) is 11.4 Å². The van der Waals surface area contributed by atoms with Crippen molar-refractivity contribution < 1.29 is 17.5 Å². The number of nitrogens with one attached hydrogen (secondary N) is 1. The quantitative estimate of drug-likeness (QED) is 0.934. The maximum atomic E-state index is 12.9. The maximum Gasteiger partial charge on any atom is 0.316 e. The Balaban J connectivity index is 2.39. The highest BCUT2D eigenvalue weighted by Crippen LogP contribution is 2.23. The van der Waals surface area contributed by atoms with Crippen molar-refractivity contribution in [1.82, 2.24) is 9.97 Å². The van der Waals surface area contributed by atoms with Gasteiger partial charge in [0, 0.05) is 0 Å². The van der Waals surface area contributed by atoms with Gasteiger partial charge in [0.05, 0.1) is 29.1 Å². The first kappa shape index (κ1) is 15.2. The third-order valence-corrected chi connectivity index (χ3v) is 4.16. The molecule has 2 rings (SSSR count). The summed E-state index contributed by atoms with van der Waals surface area (Å²) in [4.78, 5) is 8.01. The number of nitrogens with zero attached hydrogens (tertiary/aromatic N) is 2. The van der Waals surface area contributed by atoms with Gasteiger partial charge >= 0.3 is 6.01 Å². The Morgan fingerprint density at radius 3 is 2.10 bits per heavy atom. The van der Waals surface area contributed by atoms with Gasteiger partial charge in [-0.05, 0) is 38.1 Å². The summed E-state index contributed by atoms with van der Waals surface area (Å²) >= 11 is 0. The van der Waals surface area contributed by atoms with Gasteiger partial charge in [0.25, 0.3) is 10.0 Å². The van der Waals surface area contributed by atoms with Crippen LogP contribution < -0.4 is 9.46 Å². The van der Waals surface area contributed by atoms with Crippen LogP contribution in [-0.2, 0) is 10.0 Å². The molecule has 0 saturated carbocycles. The smallest absolute Gasteiger partial charge is 0.316 e. The molecule has 6 nitrogen and oxygen atoms in total. The van der Waals surface area contributed by atoms with Gasteiger partial charge in [-0.15, -0.1) is 0 Å². The van der Waals surface area contributed by atoms with Crippen molar-refractivity contribution in [2.75, 3.05) is 11.8 Å². The molecule has 0 aliphatic carbocycles. The summed E-state index contributed by atoms with van der Waals surface area (Å²) < 4.78 is 44.7. The van der Waals surface area contributed by atoms with Crippen LogP contribution in [0, 0.1) is 19.7 Å². The van der Waals surface area contributed by atoms with Crippen molar-refractivity contribution in [2.45, 2.75) is 18.7 Å². The fraction of sp³-hybridized carbons (Fsp3) is 0.231. The van der Waals surface area contributed by atoms with Gasteiger partial charge in [-0.3, -0.25) is 4.72 Å². The minimum Gasteiger partial charge on any atom is -0.467 e. The van der Waals surface area contributed by atoms with E-state index >= 15 is 0 Å². The van der Waals surface area contributed by atoms with E-state index in [-0.39, 0.29) is 16.6 Å². The van der Waals surface area contributed by atoms with Gasteiger partial charge in [-0.25, -0.2) is 12.8 Å². The fourth-order valence-electron chi connectivity index (χ4n) is 1.73. The van der Waals surface area contributed by atoms with Crippen LogP contribution in [0.5, 0.6) is 6.01 Å². The molecule has 2 aromatic rings. The van der Waals surface area contributed by atoms with Crippen LogP contribution in [0.4, 0.5) is 10.1 Å². The molecule has 1 aromatic heterocycles. The molecule has 0 radical (unpaired) electrons. The number of hydrogen-bond acceptors (Lipinski definition) is 5. The second-order valence-electron chi connectivity index (χ2n) is 4.32. The molecule has 0 bridgehead atoms. The first-order chi connectivity index (χ1) is 9.83. The standard InChI is InChI=1S/C13H14FN3O3S/c1-8-12(9(2)16-13(15-8)20-3)17-21(18,19)11-6-4-10(14)5-7-11/h4-7,17H,1-3H3. The van der Waals surface area contributed by atoms with Gasteiger partial charge in [-0.1, -0.05) is 0 Å². The average Bonchev–Trinajstić information content (AvgIpc) is 2.43. The van der Waals surface area contributed by atoms with Crippen molar-refractivity contribution in [1.29, 1.82) is 0 Å². The lowest BCUT2D eigenvalue weighted by Gasteiger charge is -2.13. The SMILES string of the molecule is COc1nc(C)c(NS(=O)(=O)c2ccc(F)cc2)c(C)n1. The van der Waals surface area contributed by atoms with Crippen molar-refractivity contribution in [3.63, 3.8) is 0 Å². The van der Waals surface area contributed by atoms with Gasteiger partial charge in [0.2, 0.25) is 0 Å². The molecule has 0 aliphatic rings. The predicted octanol–water partition coefficient (Wildman–Crippen LogP) is 2.04. The van der Waals surface area contributed by atoms with Crippen LogP contribution in [0.15, 0.2) is 29.2 Å². The van der Waals surface area contributed by atoms with E-state index in [2.05, 4.69) is 14.7 Å². The zero-order valence-corrected chi connectivity index (χ0v) is 12.5. The number of benzene rings is 1. The molecule has 1 N–H and O–H groups in total. The molecular formula is C13H14FN3O3S. The van der Waals surface area contributed by atoms with E-state index in [9.17, 15) is 12.8 Å². The zero-order chi connectivity index (χ0) is 15.6. The Morgan fingerprint density at radius 2 is 1.62 bits per heavy atom. The maximum absolute atomic E-state index is 12.9. The molecule has 0 fully saturated rings. The molecule has 0 unspecified atom stereocenters. The van der Waals surface area contributed by atoms with Crippen LogP contribution in [0.25, 0.3) is 0 Å². The Bertz CT molecular complexity index is 738. The summed E-state index contributed by atoms with van der Waals surface area (Å²) in [5.41, 5.74) is 1.15. The molecular weight excluding hydrogens is 297 g/mol. The molecule has 0 spiro atoms. The highest BCUT2D eigenvalue weighted by atomic mass is 32.2. The van der Waals surface area contributed by atoms with Gasteiger partial charge in [0.15, 0.2) is 0 Å². The molecule has 1 heterocycles. The highest BCUT2D eigenvalue weighted by molar-refractivity contribution is 7.92. The monoisotopic (exact) mass is 311 g/mol. The van der Waals surface area contributed by atoms with Gasteiger partial charge < -0.3 is 4.74 Å². The van der Waals surface area contributed by atoms with Crippen molar-refractivity contribution in [2.24, 2.45) is 0 Å². The third kappa shape index (κ3) is 3.27. The van der Waals surface area contributed by atoms with Crippen molar-refractivity contribution >= 4 is 15.7 Å². The Labute approximate surface area is 122 Å². The fourth-order valence-corrected chi connectivity index (χ4v) is 2.91.